The van der Waals surface area contributed by atoms with Crippen molar-refractivity contribution >= 4 is 27.3 Å². The molecule has 0 aliphatic carbocycles. The van der Waals surface area contributed by atoms with Crippen molar-refractivity contribution in [1.82, 2.24) is 0 Å². The molecule has 2 N–H and O–H groups in total. The number of hydrogen-bond donors (Lipinski definition) is 1. The van der Waals surface area contributed by atoms with Crippen molar-refractivity contribution in [2.45, 2.75) is 11.8 Å². The summed E-state index contributed by atoms with van der Waals surface area (Å²) in [5.41, 5.74) is 0.430. The topological polar surface area (TPSA) is 86.5 Å². The first-order chi connectivity index (χ1) is 8.88. The maximum atomic E-state index is 11.7. The lowest BCUT2D eigenvalue weighted by Gasteiger charge is -2.07. The van der Waals surface area contributed by atoms with Gasteiger partial charge in [-0.05, 0) is 42.1 Å². The smallest absolute Gasteiger partial charge is 0.353 e. The van der Waals surface area contributed by atoms with E-state index in [1.54, 1.807) is 24.4 Å². The number of sulfonamides is 1. The van der Waals surface area contributed by atoms with Crippen LogP contribution >= 0.6 is 11.3 Å². The third kappa shape index (κ3) is 3.19. The lowest BCUT2D eigenvalue weighted by molar-refractivity contribution is 0.0739. The monoisotopic (exact) mass is 297 g/mol. The number of nitrogens with two attached hydrogens (primary N) is 1. The number of hydrogen-bond acceptors (Lipinski definition) is 5. The zero-order valence-electron chi connectivity index (χ0n) is 9.99. The van der Waals surface area contributed by atoms with Gasteiger partial charge in [0.1, 0.15) is 10.6 Å². The first-order valence-electron chi connectivity index (χ1n) is 5.27. The van der Waals surface area contributed by atoms with Crippen LogP contribution < -0.4 is 9.88 Å². The van der Waals surface area contributed by atoms with Crippen molar-refractivity contribution in [2.24, 2.45) is 5.14 Å². The highest BCUT2D eigenvalue weighted by Gasteiger charge is 2.14. The lowest BCUT2D eigenvalue weighted by Crippen LogP contribution is -2.14. The van der Waals surface area contributed by atoms with E-state index in [1.165, 1.54) is 29.5 Å². The van der Waals surface area contributed by atoms with E-state index in [-0.39, 0.29) is 10.6 Å². The predicted molar refractivity (Wildman–Crippen MR) is 71.8 cm³/mol. The van der Waals surface area contributed by atoms with E-state index >= 15 is 0 Å². The Morgan fingerprint density at radius 2 is 2.05 bits per heavy atom. The molecule has 0 aliphatic heterocycles. The number of thiophene rings is 1. The fourth-order valence-electron chi connectivity index (χ4n) is 1.56. The number of primary sulfonamides is 1. The Hall–Kier alpha value is -1.70. The van der Waals surface area contributed by atoms with Gasteiger partial charge >= 0.3 is 5.97 Å². The van der Waals surface area contributed by atoms with Crippen molar-refractivity contribution in [2.75, 3.05) is 0 Å². The summed E-state index contributed by atoms with van der Waals surface area (Å²) in [6.45, 7) is 1.59. The molecule has 0 amide bonds. The summed E-state index contributed by atoms with van der Waals surface area (Å²) in [5, 5.41) is 6.82. The van der Waals surface area contributed by atoms with Gasteiger partial charge in [0.15, 0.2) is 0 Å². The Bertz CT molecular complexity index is 705. The second kappa shape index (κ2) is 5.12. The molecule has 0 bridgehead atoms. The van der Waals surface area contributed by atoms with E-state index < -0.39 is 16.0 Å². The van der Waals surface area contributed by atoms with E-state index in [9.17, 15) is 13.2 Å². The number of ether oxygens (including phenoxy) is 1. The van der Waals surface area contributed by atoms with Crippen LogP contribution in [0.1, 0.15) is 15.2 Å². The summed E-state index contributed by atoms with van der Waals surface area (Å²) in [5.74, 6) is -0.193. The molecule has 0 fully saturated rings. The van der Waals surface area contributed by atoms with Crippen LogP contribution in [0.5, 0.6) is 5.75 Å². The second-order valence-corrected chi connectivity index (χ2v) is 6.32. The Labute approximate surface area is 114 Å². The van der Waals surface area contributed by atoms with Gasteiger partial charge in [0.2, 0.25) is 10.0 Å². The molecule has 0 unspecified atom stereocenters. The van der Waals surface area contributed by atoms with Gasteiger partial charge in [0.25, 0.3) is 0 Å². The van der Waals surface area contributed by atoms with E-state index in [0.29, 0.717) is 10.4 Å². The van der Waals surface area contributed by atoms with Crippen molar-refractivity contribution in [3.63, 3.8) is 0 Å². The van der Waals surface area contributed by atoms with Crippen molar-refractivity contribution in [1.29, 1.82) is 0 Å². The molecule has 7 heteroatoms. The fourth-order valence-corrected chi connectivity index (χ4v) is 2.92. The minimum atomic E-state index is -3.76. The summed E-state index contributed by atoms with van der Waals surface area (Å²) in [4.78, 5) is 12.2. The minimum absolute atomic E-state index is 0.0171. The van der Waals surface area contributed by atoms with Crippen LogP contribution in [0.4, 0.5) is 0 Å². The first-order valence-corrected chi connectivity index (χ1v) is 7.69. The highest BCUT2D eigenvalue weighted by molar-refractivity contribution is 7.89. The van der Waals surface area contributed by atoms with Crippen molar-refractivity contribution < 1.29 is 17.9 Å². The minimum Gasteiger partial charge on any atom is -0.422 e. The molecule has 2 rings (SSSR count). The molecule has 2 aromatic rings. The number of aryl methyl sites for hydroxylation is 1. The summed E-state index contributed by atoms with van der Waals surface area (Å²) in [6, 6.07) is 7.58. The van der Waals surface area contributed by atoms with Gasteiger partial charge < -0.3 is 4.74 Å². The Morgan fingerprint density at radius 1 is 1.32 bits per heavy atom. The number of benzene rings is 1. The van der Waals surface area contributed by atoms with Crippen LogP contribution in [0.3, 0.4) is 0 Å². The van der Waals surface area contributed by atoms with Gasteiger partial charge in [-0.25, -0.2) is 18.4 Å². The average molecular weight is 297 g/mol. The maximum absolute atomic E-state index is 11.7. The molecule has 0 saturated heterocycles. The van der Waals surface area contributed by atoms with E-state index in [1.807, 2.05) is 0 Å². The van der Waals surface area contributed by atoms with Gasteiger partial charge in [-0.1, -0.05) is 6.07 Å². The van der Waals surface area contributed by atoms with Crippen molar-refractivity contribution in [3.05, 3.63) is 46.2 Å². The zero-order chi connectivity index (χ0) is 14.0. The SMILES string of the molecule is Cc1cc(OC(=O)c2cccs2)ccc1S(N)(=O)=O. The summed E-state index contributed by atoms with van der Waals surface area (Å²) in [6.07, 6.45) is 0. The van der Waals surface area contributed by atoms with Gasteiger partial charge in [0, 0.05) is 0 Å². The fraction of sp³-hybridized carbons (Fsp3) is 0.0833. The van der Waals surface area contributed by atoms with Gasteiger partial charge in [-0.2, -0.15) is 0 Å². The number of carbonyl (C=O) groups excluding carboxylic acids is 1. The number of carbonyl (C=O) groups is 1. The number of rotatable bonds is 3. The molecule has 0 atom stereocenters. The van der Waals surface area contributed by atoms with E-state index in [2.05, 4.69) is 0 Å². The number of esters is 1. The summed E-state index contributed by atoms with van der Waals surface area (Å²) >= 11 is 1.27. The molecule has 0 radical (unpaired) electrons. The largest absolute Gasteiger partial charge is 0.422 e. The van der Waals surface area contributed by atoms with Crippen LogP contribution in [0.15, 0.2) is 40.6 Å². The van der Waals surface area contributed by atoms with Crippen LogP contribution in [0.2, 0.25) is 0 Å². The summed E-state index contributed by atoms with van der Waals surface area (Å²) < 4.78 is 27.6. The molecule has 1 aromatic carbocycles. The molecule has 100 valence electrons. The predicted octanol–water partition coefficient (Wildman–Crippen LogP) is 1.92. The van der Waals surface area contributed by atoms with Crippen molar-refractivity contribution in [3.8, 4) is 5.75 Å². The molecule has 5 nitrogen and oxygen atoms in total. The highest BCUT2D eigenvalue weighted by Crippen LogP contribution is 2.21. The van der Waals surface area contributed by atoms with Crippen LogP contribution in [0, 0.1) is 6.92 Å². The quantitative estimate of drug-likeness (QED) is 0.692. The molecule has 19 heavy (non-hydrogen) atoms. The van der Waals surface area contributed by atoms with Crippen LogP contribution in [0.25, 0.3) is 0 Å². The third-order valence-electron chi connectivity index (χ3n) is 2.39. The summed E-state index contributed by atoms with van der Waals surface area (Å²) in [7, 11) is -3.76. The standard InChI is InChI=1S/C12H11NO4S2/c1-8-7-9(4-5-11(8)19(13,15)16)17-12(14)10-3-2-6-18-10/h2-7H,1H3,(H2,13,15,16). The highest BCUT2D eigenvalue weighted by atomic mass is 32.2. The van der Waals surface area contributed by atoms with Gasteiger partial charge in [-0.15, -0.1) is 11.3 Å². The van der Waals surface area contributed by atoms with Crippen LogP contribution in [-0.2, 0) is 10.0 Å². The Balaban J connectivity index is 2.24. The molecule has 1 heterocycles. The molecular weight excluding hydrogens is 286 g/mol. The second-order valence-electron chi connectivity index (χ2n) is 3.84. The third-order valence-corrected chi connectivity index (χ3v) is 4.31. The van der Waals surface area contributed by atoms with E-state index in [4.69, 9.17) is 9.88 Å². The molecule has 0 aliphatic rings. The van der Waals surface area contributed by atoms with Gasteiger partial charge in [0.05, 0.1) is 4.90 Å². The average Bonchev–Trinajstić information content (AvgIpc) is 2.80. The van der Waals surface area contributed by atoms with Gasteiger partial charge in [-0.3, -0.25) is 0 Å². The Morgan fingerprint density at radius 3 is 2.58 bits per heavy atom. The molecular formula is C12H11NO4S2. The molecule has 0 spiro atoms. The first kappa shape index (κ1) is 13.7. The maximum Gasteiger partial charge on any atom is 0.353 e. The zero-order valence-corrected chi connectivity index (χ0v) is 11.6. The normalized spacial score (nSPS) is 11.3. The molecule has 0 saturated carbocycles. The van der Waals surface area contributed by atoms with E-state index in [0.717, 1.165) is 0 Å². The van der Waals surface area contributed by atoms with Crippen LogP contribution in [-0.4, -0.2) is 14.4 Å². The molecule has 1 aromatic heterocycles. The Kier molecular flexibility index (Phi) is 3.70. The lowest BCUT2D eigenvalue weighted by atomic mass is 10.2.